The molecule has 1 aromatic heterocycles. The fourth-order valence-corrected chi connectivity index (χ4v) is 3.76. The highest BCUT2D eigenvalue weighted by Gasteiger charge is 2.38. The van der Waals surface area contributed by atoms with Crippen LogP contribution in [-0.2, 0) is 29.0 Å². The van der Waals surface area contributed by atoms with E-state index in [4.69, 9.17) is 19.8 Å². The molecule has 0 aliphatic carbocycles. The molecule has 38 heavy (non-hydrogen) atoms. The van der Waals surface area contributed by atoms with Crippen molar-refractivity contribution in [2.24, 2.45) is 0 Å². The molecule has 4 rings (SSSR count). The van der Waals surface area contributed by atoms with Gasteiger partial charge in [0.2, 0.25) is 0 Å². The van der Waals surface area contributed by atoms with Gasteiger partial charge in [-0.3, -0.25) is 4.90 Å². The van der Waals surface area contributed by atoms with E-state index in [1.807, 2.05) is 12.1 Å². The molecule has 2 aliphatic heterocycles. The lowest BCUT2D eigenvalue weighted by Crippen LogP contribution is -2.26. The molecule has 8 nitrogen and oxygen atoms in total. The van der Waals surface area contributed by atoms with E-state index in [2.05, 4.69) is 19.8 Å². The van der Waals surface area contributed by atoms with E-state index in [1.165, 1.54) is 24.1 Å². The van der Waals surface area contributed by atoms with Gasteiger partial charge in [0.1, 0.15) is 18.0 Å². The Morgan fingerprint density at radius 1 is 0.816 bits per heavy atom. The molecule has 3 heterocycles. The number of carbonyl (C=O) groups is 2. The van der Waals surface area contributed by atoms with Crippen LogP contribution in [0.2, 0.25) is 0 Å². The molecule has 0 radical (unpaired) electrons. The molecular formula is C23H25F7N4O4. The van der Waals surface area contributed by atoms with Crippen molar-refractivity contribution in [1.29, 1.82) is 0 Å². The normalized spacial score (nSPS) is 15.8. The lowest BCUT2D eigenvalue weighted by Gasteiger charge is -2.21. The van der Waals surface area contributed by atoms with E-state index >= 15 is 0 Å². The predicted octanol–water partition coefficient (Wildman–Crippen LogP) is 4.08. The van der Waals surface area contributed by atoms with Gasteiger partial charge in [0.15, 0.2) is 0 Å². The predicted molar refractivity (Wildman–Crippen MR) is 120 cm³/mol. The van der Waals surface area contributed by atoms with E-state index in [-0.39, 0.29) is 5.82 Å². The number of hydrogen-bond acceptors (Lipinski definition) is 6. The smallest absolute Gasteiger partial charge is 0.475 e. The maximum Gasteiger partial charge on any atom is 0.490 e. The molecule has 0 amide bonds. The van der Waals surface area contributed by atoms with Crippen molar-refractivity contribution < 1.29 is 50.5 Å². The van der Waals surface area contributed by atoms with Crippen LogP contribution in [0.3, 0.4) is 0 Å². The molecule has 2 aromatic rings. The van der Waals surface area contributed by atoms with E-state index in [9.17, 15) is 30.7 Å². The SMILES string of the molecule is Fc1ccc(CN2CCc3ncnc(N4CCCC4)c3CC2)cc1.O=C(O)C(F)(F)F.O=C(O)C(F)(F)F. The average Bonchev–Trinajstić information content (AvgIpc) is 3.29. The minimum Gasteiger partial charge on any atom is -0.475 e. The van der Waals surface area contributed by atoms with Gasteiger partial charge in [-0.05, 0) is 37.0 Å². The number of alkyl halides is 6. The van der Waals surface area contributed by atoms with Crippen LogP contribution in [0, 0.1) is 5.82 Å². The number of nitrogens with zero attached hydrogens (tertiary/aromatic N) is 4. The summed E-state index contributed by atoms with van der Waals surface area (Å²) in [5, 5.41) is 14.2. The number of aliphatic carboxylic acids is 2. The largest absolute Gasteiger partial charge is 0.490 e. The molecule has 0 unspecified atom stereocenters. The summed E-state index contributed by atoms with van der Waals surface area (Å²) in [6.07, 6.45) is -3.98. The molecule has 2 aliphatic rings. The number of anilines is 1. The Kier molecular flexibility index (Phi) is 10.8. The number of hydrogen-bond donors (Lipinski definition) is 2. The molecule has 210 valence electrons. The summed E-state index contributed by atoms with van der Waals surface area (Å²) in [6.45, 7) is 5.08. The van der Waals surface area contributed by atoms with E-state index < -0.39 is 24.3 Å². The number of rotatable bonds is 3. The second kappa shape index (κ2) is 13.3. The molecular weight excluding hydrogens is 529 g/mol. The summed E-state index contributed by atoms with van der Waals surface area (Å²) in [7, 11) is 0. The average molecular weight is 554 g/mol. The summed E-state index contributed by atoms with van der Waals surface area (Å²) in [5.74, 6) is -4.53. The summed E-state index contributed by atoms with van der Waals surface area (Å²) in [5.41, 5.74) is 3.70. The number of fused-ring (bicyclic) bond motifs is 1. The molecule has 1 fully saturated rings. The number of carboxylic acids is 2. The number of benzene rings is 1. The molecule has 0 saturated carbocycles. The summed E-state index contributed by atoms with van der Waals surface area (Å²) in [6, 6.07) is 6.84. The first-order valence-electron chi connectivity index (χ1n) is 11.3. The first-order valence-corrected chi connectivity index (χ1v) is 11.3. The Balaban J connectivity index is 0.000000301. The molecule has 1 aromatic carbocycles. The lowest BCUT2D eigenvalue weighted by molar-refractivity contribution is -0.193. The molecule has 0 spiro atoms. The molecule has 0 bridgehead atoms. The van der Waals surface area contributed by atoms with Crippen molar-refractivity contribution in [3.8, 4) is 0 Å². The van der Waals surface area contributed by atoms with Crippen molar-refractivity contribution >= 4 is 17.8 Å². The Labute approximate surface area is 212 Å². The third-order valence-corrected chi connectivity index (χ3v) is 5.56. The van der Waals surface area contributed by atoms with Crippen LogP contribution < -0.4 is 4.90 Å². The molecule has 1 saturated heterocycles. The van der Waals surface area contributed by atoms with E-state index in [0.717, 1.165) is 56.9 Å². The van der Waals surface area contributed by atoms with E-state index in [1.54, 1.807) is 18.5 Å². The summed E-state index contributed by atoms with van der Waals surface area (Å²) in [4.78, 5) is 31.8. The van der Waals surface area contributed by atoms with E-state index in [0.29, 0.717) is 0 Å². The van der Waals surface area contributed by atoms with Crippen molar-refractivity contribution in [2.45, 2.75) is 44.6 Å². The van der Waals surface area contributed by atoms with Crippen molar-refractivity contribution in [1.82, 2.24) is 14.9 Å². The summed E-state index contributed by atoms with van der Waals surface area (Å²) < 4.78 is 76.5. The number of carboxylic acid groups (broad SMARTS) is 2. The number of halogens is 7. The van der Waals surface area contributed by atoms with Gasteiger partial charge in [-0.25, -0.2) is 23.9 Å². The topological polar surface area (TPSA) is 107 Å². The van der Waals surface area contributed by atoms with Crippen LogP contribution in [-0.4, -0.2) is 75.6 Å². The molecule has 0 atom stereocenters. The maximum atomic E-state index is 13.1. The minimum atomic E-state index is -5.08. The van der Waals surface area contributed by atoms with Gasteiger partial charge in [0.25, 0.3) is 0 Å². The number of aromatic nitrogens is 2. The monoisotopic (exact) mass is 554 g/mol. The molecule has 15 heteroatoms. The second-order valence-corrected chi connectivity index (χ2v) is 8.33. The summed E-state index contributed by atoms with van der Waals surface area (Å²) >= 11 is 0. The zero-order valence-electron chi connectivity index (χ0n) is 19.9. The Morgan fingerprint density at radius 2 is 1.32 bits per heavy atom. The van der Waals surface area contributed by atoms with Gasteiger partial charge in [0.05, 0.1) is 5.69 Å². The van der Waals surface area contributed by atoms with Crippen LogP contribution in [0.25, 0.3) is 0 Å². The van der Waals surface area contributed by atoms with Gasteiger partial charge in [-0.15, -0.1) is 0 Å². The van der Waals surface area contributed by atoms with Crippen LogP contribution in [0.4, 0.5) is 36.6 Å². The van der Waals surface area contributed by atoms with Crippen LogP contribution in [0.5, 0.6) is 0 Å². The Bertz CT molecular complexity index is 1050. The fraction of sp³-hybridized carbons (Fsp3) is 0.478. The Morgan fingerprint density at radius 3 is 1.82 bits per heavy atom. The van der Waals surface area contributed by atoms with Gasteiger partial charge < -0.3 is 15.1 Å². The van der Waals surface area contributed by atoms with Crippen molar-refractivity contribution in [3.63, 3.8) is 0 Å². The standard InChI is InChI=1S/C19H23FN4.2C2HF3O2/c20-16-5-3-15(4-6-16)13-23-11-7-17-18(8-12-23)21-14-22-19(17)24-9-1-2-10-24;2*3-2(4,5)1(6)7/h3-6,14H,1-2,7-13H2;2*(H,6,7). The fourth-order valence-electron chi connectivity index (χ4n) is 3.76. The van der Waals surface area contributed by atoms with Gasteiger partial charge in [-0.2, -0.15) is 26.3 Å². The van der Waals surface area contributed by atoms with Gasteiger partial charge in [-0.1, -0.05) is 12.1 Å². The zero-order chi connectivity index (χ0) is 28.5. The van der Waals surface area contributed by atoms with Crippen LogP contribution in [0.1, 0.15) is 29.7 Å². The maximum absolute atomic E-state index is 13.1. The van der Waals surface area contributed by atoms with Crippen molar-refractivity contribution in [3.05, 3.63) is 53.2 Å². The third kappa shape index (κ3) is 9.76. The highest BCUT2D eigenvalue weighted by atomic mass is 19.4. The van der Waals surface area contributed by atoms with Crippen LogP contribution in [0.15, 0.2) is 30.6 Å². The van der Waals surface area contributed by atoms with Gasteiger partial charge in [0, 0.05) is 44.7 Å². The first-order chi connectivity index (χ1) is 17.7. The second-order valence-electron chi connectivity index (χ2n) is 8.33. The zero-order valence-corrected chi connectivity index (χ0v) is 19.9. The van der Waals surface area contributed by atoms with Gasteiger partial charge >= 0.3 is 24.3 Å². The highest BCUT2D eigenvalue weighted by molar-refractivity contribution is 5.73. The third-order valence-electron chi connectivity index (χ3n) is 5.56. The lowest BCUT2D eigenvalue weighted by atomic mass is 10.1. The molecule has 2 N–H and O–H groups in total. The Hall–Kier alpha value is -3.49. The van der Waals surface area contributed by atoms with Crippen molar-refractivity contribution in [2.75, 3.05) is 31.1 Å². The first kappa shape index (κ1) is 30.7. The highest BCUT2D eigenvalue weighted by Crippen LogP contribution is 2.26. The minimum absolute atomic E-state index is 0.174. The van der Waals surface area contributed by atoms with Crippen LogP contribution >= 0.6 is 0 Å². The quantitative estimate of drug-likeness (QED) is 0.547.